The highest BCUT2D eigenvalue weighted by Crippen LogP contribution is 2.26. The van der Waals surface area contributed by atoms with Crippen molar-refractivity contribution in [3.63, 3.8) is 0 Å². The number of hydrogen-bond acceptors (Lipinski definition) is 4. The molecular formula is C18H25N3O3. The van der Waals surface area contributed by atoms with Gasteiger partial charge in [0, 0.05) is 6.20 Å². The third kappa shape index (κ3) is 4.50. The van der Waals surface area contributed by atoms with Crippen LogP contribution in [-0.2, 0) is 5.54 Å². The molecule has 1 heterocycles. The first-order chi connectivity index (χ1) is 11.3. The normalized spacial score (nSPS) is 12.5. The second kappa shape index (κ2) is 7.38. The van der Waals surface area contributed by atoms with Crippen LogP contribution in [0.15, 0.2) is 36.7 Å². The van der Waals surface area contributed by atoms with Gasteiger partial charge in [-0.15, -0.1) is 0 Å². The Hall–Kier alpha value is -2.50. The van der Waals surface area contributed by atoms with Crippen molar-refractivity contribution in [2.45, 2.75) is 39.3 Å². The smallest absolute Gasteiger partial charge is 0.254 e. The van der Waals surface area contributed by atoms with Crippen molar-refractivity contribution in [3.05, 3.63) is 42.2 Å². The number of aromatic nitrogens is 2. The number of methoxy groups -OCH3 is 1. The van der Waals surface area contributed by atoms with E-state index in [0.29, 0.717) is 23.6 Å². The topological polar surface area (TPSA) is 65.4 Å². The first-order valence-electron chi connectivity index (χ1n) is 7.94. The lowest BCUT2D eigenvalue weighted by atomic mass is 10.1. The lowest BCUT2D eigenvalue weighted by molar-refractivity contribution is 0.0931. The van der Waals surface area contributed by atoms with Gasteiger partial charge in [0.15, 0.2) is 11.5 Å². The molecule has 0 saturated heterocycles. The summed E-state index contributed by atoms with van der Waals surface area (Å²) >= 11 is 0. The highest BCUT2D eigenvalue weighted by molar-refractivity contribution is 5.93. The summed E-state index contributed by atoms with van der Waals surface area (Å²) in [5.41, 5.74) is 0.383. The highest BCUT2D eigenvalue weighted by atomic mass is 16.5. The van der Waals surface area contributed by atoms with Crippen molar-refractivity contribution < 1.29 is 14.3 Å². The lowest BCUT2D eigenvalue weighted by Crippen LogP contribution is -2.33. The second-order valence-corrected chi connectivity index (χ2v) is 6.63. The average molecular weight is 331 g/mol. The zero-order valence-electron chi connectivity index (χ0n) is 14.9. The molecule has 0 aliphatic heterocycles. The Bertz CT molecular complexity index is 689. The largest absolute Gasteiger partial charge is 0.493 e. The fraction of sp³-hybridized carbons (Fsp3) is 0.444. The van der Waals surface area contributed by atoms with E-state index in [1.807, 2.05) is 52.0 Å². The second-order valence-electron chi connectivity index (χ2n) is 6.63. The van der Waals surface area contributed by atoms with E-state index in [2.05, 4.69) is 10.4 Å². The van der Waals surface area contributed by atoms with Gasteiger partial charge in [0.25, 0.3) is 5.91 Å². The van der Waals surface area contributed by atoms with Gasteiger partial charge in [0.2, 0.25) is 0 Å². The van der Waals surface area contributed by atoms with Crippen LogP contribution in [0, 0.1) is 0 Å². The van der Waals surface area contributed by atoms with Crippen LogP contribution in [0.25, 0.3) is 0 Å². The Morgan fingerprint density at radius 1 is 1.29 bits per heavy atom. The summed E-state index contributed by atoms with van der Waals surface area (Å²) in [5, 5.41) is 7.10. The Morgan fingerprint density at radius 2 is 1.96 bits per heavy atom. The molecular weight excluding hydrogens is 306 g/mol. The van der Waals surface area contributed by atoms with Gasteiger partial charge in [0.05, 0.1) is 31.0 Å². The fourth-order valence-electron chi connectivity index (χ4n) is 2.12. The van der Waals surface area contributed by atoms with Crippen LogP contribution in [0.3, 0.4) is 0 Å². The van der Waals surface area contributed by atoms with Crippen molar-refractivity contribution in [1.29, 1.82) is 0 Å². The number of ether oxygens (including phenoxy) is 2. The predicted molar refractivity (Wildman–Crippen MR) is 92.6 cm³/mol. The van der Waals surface area contributed by atoms with Crippen molar-refractivity contribution in [2.24, 2.45) is 0 Å². The van der Waals surface area contributed by atoms with Crippen molar-refractivity contribution >= 4 is 5.91 Å². The quantitative estimate of drug-likeness (QED) is 0.884. The first kappa shape index (κ1) is 17.8. The molecule has 130 valence electrons. The maximum absolute atomic E-state index is 12.2. The summed E-state index contributed by atoms with van der Waals surface area (Å²) in [4.78, 5) is 12.2. The molecule has 0 aliphatic rings. The molecule has 1 N–H and O–H groups in total. The van der Waals surface area contributed by atoms with Gasteiger partial charge < -0.3 is 14.8 Å². The molecule has 1 aromatic heterocycles. The van der Waals surface area contributed by atoms with Crippen molar-refractivity contribution in [1.82, 2.24) is 15.1 Å². The minimum atomic E-state index is -0.192. The number of nitrogens with one attached hydrogen (secondary N) is 1. The number of para-hydroxylation sites is 2. The molecule has 0 spiro atoms. The molecule has 6 heteroatoms. The number of rotatable bonds is 6. The summed E-state index contributed by atoms with van der Waals surface area (Å²) in [6.07, 6.45) is 3.14. The monoisotopic (exact) mass is 331 g/mol. The number of amides is 1. The Balaban J connectivity index is 1.90. The van der Waals surface area contributed by atoms with E-state index < -0.39 is 0 Å². The third-order valence-electron chi connectivity index (χ3n) is 3.48. The van der Waals surface area contributed by atoms with Crippen LogP contribution in [0.4, 0.5) is 0 Å². The molecule has 2 aromatic rings. The molecule has 1 atom stereocenters. The van der Waals surface area contributed by atoms with E-state index >= 15 is 0 Å². The van der Waals surface area contributed by atoms with E-state index in [-0.39, 0.29) is 17.6 Å². The van der Waals surface area contributed by atoms with Gasteiger partial charge in [-0.2, -0.15) is 5.10 Å². The van der Waals surface area contributed by atoms with Crippen LogP contribution in [0.5, 0.6) is 11.5 Å². The minimum absolute atomic E-state index is 0.154. The van der Waals surface area contributed by atoms with Crippen LogP contribution < -0.4 is 14.8 Å². The summed E-state index contributed by atoms with van der Waals surface area (Å²) in [7, 11) is 1.60. The van der Waals surface area contributed by atoms with Gasteiger partial charge in [0.1, 0.15) is 6.10 Å². The molecule has 0 aliphatic carbocycles. The van der Waals surface area contributed by atoms with E-state index in [1.54, 1.807) is 24.2 Å². The zero-order chi connectivity index (χ0) is 17.7. The molecule has 0 saturated carbocycles. The van der Waals surface area contributed by atoms with Crippen LogP contribution in [0.2, 0.25) is 0 Å². The predicted octanol–water partition coefficient (Wildman–Crippen LogP) is 2.84. The van der Waals surface area contributed by atoms with Crippen LogP contribution in [-0.4, -0.2) is 35.4 Å². The van der Waals surface area contributed by atoms with Gasteiger partial charge >= 0.3 is 0 Å². The van der Waals surface area contributed by atoms with Crippen LogP contribution in [0.1, 0.15) is 38.1 Å². The van der Waals surface area contributed by atoms with Gasteiger partial charge in [-0.3, -0.25) is 9.48 Å². The van der Waals surface area contributed by atoms with E-state index in [0.717, 1.165) is 0 Å². The average Bonchev–Trinajstić information content (AvgIpc) is 3.03. The summed E-state index contributed by atoms with van der Waals surface area (Å²) in [5.74, 6) is 1.16. The number of benzene rings is 1. The van der Waals surface area contributed by atoms with Gasteiger partial charge in [-0.1, -0.05) is 12.1 Å². The zero-order valence-corrected chi connectivity index (χ0v) is 14.9. The summed E-state index contributed by atoms with van der Waals surface area (Å²) in [6.45, 7) is 8.38. The van der Waals surface area contributed by atoms with E-state index in [9.17, 15) is 4.79 Å². The first-order valence-corrected chi connectivity index (χ1v) is 7.94. The van der Waals surface area contributed by atoms with Gasteiger partial charge in [-0.25, -0.2) is 0 Å². The molecule has 0 fully saturated rings. The Labute approximate surface area is 142 Å². The standard InChI is InChI=1S/C18H25N3O3/c1-13(24-16-9-7-6-8-15(16)23-5)10-19-17(22)14-11-20-21(12-14)18(2,3)4/h6-9,11-13H,10H2,1-5H3,(H,19,22)/t13-/m0/s1. The number of nitrogens with zero attached hydrogens (tertiary/aromatic N) is 2. The molecule has 6 nitrogen and oxygen atoms in total. The molecule has 0 unspecified atom stereocenters. The molecule has 2 rings (SSSR count). The fourth-order valence-corrected chi connectivity index (χ4v) is 2.12. The highest BCUT2D eigenvalue weighted by Gasteiger charge is 2.17. The minimum Gasteiger partial charge on any atom is -0.493 e. The maximum Gasteiger partial charge on any atom is 0.254 e. The third-order valence-corrected chi connectivity index (χ3v) is 3.48. The molecule has 1 amide bonds. The number of carbonyl (C=O) groups excluding carboxylic acids is 1. The summed E-state index contributed by atoms with van der Waals surface area (Å²) in [6, 6.07) is 7.43. The number of hydrogen-bond donors (Lipinski definition) is 1. The van der Waals surface area contributed by atoms with Gasteiger partial charge in [-0.05, 0) is 39.8 Å². The molecule has 0 bridgehead atoms. The molecule has 1 aromatic carbocycles. The molecule has 0 radical (unpaired) electrons. The Morgan fingerprint density at radius 3 is 2.54 bits per heavy atom. The maximum atomic E-state index is 12.2. The number of carbonyl (C=O) groups is 1. The van der Waals surface area contributed by atoms with E-state index in [4.69, 9.17) is 9.47 Å². The van der Waals surface area contributed by atoms with Crippen molar-refractivity contribution in [3.8, 4) is 11.5 Å². The lowest BCUT2D eigenvalue weighted by Gasteiger charge is -2.18. The van der Waals surface area contributed by atoms with Crippen molar-refractivity contribution in [2.75, 3.05) is 13.7 Å². The van der Waals surface area contributed by atoms with Crippen LogP contribution >= 0.6 is 0 Å². The molecule has 24 heavy (non-hydrogen) atoms. The Kier molecular flexibility index (Phi) is 5.49. The summed E-state index contributed by atoms with van der Waals surface area (Å²) < 4.78 is 12.8. The van der Waals surface area contributed by atoms with E-state index in [1.165, 1.54) is 0 Å². The SMILES string of the molecule is COc1ccccc1O[C@@H](C)CNC(=O)c1cnn(C(C)(C)C)c1.